The van der Waals surface area contributed by atoms with Crippen molar-refractivity contribution in [2.75, 3.05) is 11.4 Å². The minimum absolute atomic E-state index is 0.0115. The van der Waals surface area contributed by atoms with E-state index in [4.69, 9.17) is 9.72 Å². The number of hydrogen-bond donors (Lipinski definition) is 1. The normalized spacial score (nSPS) is 19.2. The fraction of sp³-hybridized carbons (Fsp3) is 0.500. The Bertz CT molecular complexity index is 904. The van der Waals surface area contributed by atoms with Crippen LogP contribution in [-0.2, 0) is 16.0 Å². The van der Waals surface area contributed by atoms with Crippen LogP contribution in [0.3, 0.4) is 0 Å². The van der Waals surface area contributed by atoms with Crippen molar-refractivity contribution in [2.24, 2.45) is 0 Å². The van der Waals surface area contributed by atoms with Gasteiger partial charge in [-0.3, -0.25) is 14.5 Å². The fourth-order valence-corrected chi connectivity index (χ4v) is 4.90. The molecule has 1 saturated carbocycles. The van der Waals surface area contributed by atoms with Gasteiger partial charge < -0.3 is 10.1 Å². The number of aromatic nitrogens is 1. The number of rotatable bonds is 6. The number of carbonyl (C=O) groups is 2. The lowest BCUT2D eigenvalue weighted by molar-refractivity contribution is -0.128. The molecule has 0 bridgehead atoms. The Morgan fingerprint density at radius 3 is 2.90 bits per heavy atom. The van der Waals surface area contributed by atoms with Crippen LogP contribution in [0.4, 0.5) is 5.69 Å². The molecule has 1 aliphatic heterocycles. The number of nitrogens with zero attached hydrogens (tertiary/aromatic N) is 2. The molecule has 2 aliphatic rings. The third-order valence-corrected chi connectivity index (χ3v) is 6.41. The van der Waals surface area contributed by atoms with Gasteiger partial charge in [0.2, 0.25) is 5.91 Å². The van der Waals surface area contributed by atoms with Crippen LogP contribution in [0.1, 0.15) is 51.0 Å². The number of carbonyl (C=O) groups excluding carboxylic acids is 2. The van der Waals surface area contributed by atoms with E-state index in [1.54, 1.807) is 23.2 Å². The first-order valence-electron chi connectivity index (χ1n) is 10.4. The first-order valence-corrected chi connectivity index (χ1v) is 11.3. The maximum atomic E-state index is 12.8. The quantitative estimate of drug-likeness (QED) is 0.779. The van der Waals surface area contributed by atoms with E-state index in [1.165, 1.54) is 0 Å². The van der Waals surface area contributed by atoms with Crippen molar-refractivity contribution < 1.29 is 14.3 Å². The van der Waals surface area contributed by atoms with Gasteiger partial charge in [0.05, 0.1) is 16.4 Å². The molecule has 7 heteroatoms. The van der Waals surface area contributed by atoms with E-state index in [0.29, 0.717) is 11.4 Å². The van der Waals surface area contributed by atoms with Crippen LogP contribution in [-0.4, -0.2) is 35.5 Å². The minimum Gasteiger partial charge on any atom is -0.479 e. The summed E-state index contributed by atoms with van der Waals surface area (Å²) >= 11 is 1.65. The van der Waals surface area contributed by atoms with Crippen LogP contribution in [0.5, 0.6) is 5.75 Å². The SMILES string of the molecule is CCCc1nc(-c2ccc3c(c2)N(CC(=O)NC2CCCC2)C(=O)C(C)O3)cs1. The van der Waals surface area contributed by atoms with E-state index in [0.717, 1.165) is 54.8 Å². The Hall–Kier alpha value is -2.41. The molecule has 1 aromatic heterocycles. The van der Waals surface area contributed by atoms with Crippen molar-refractivity contribution >= 4 is 28.8 Å². The maximum absolute atomic E-state index is 12.8. The Kier molecular flexibility index (Phi) is 5.85. The Morgan fingerprint density at radius 2 is 2.14 bits per heavy atom. The number of benzene rings is 1. The average Bonchev–Trinajstić information content (AvgIpc) is 3.38. The van der Waals surface area contributed by atoms with Gasteiger partial charge >= 0.3 is 0 Å². The molecule has 154 valence electrons. The molecule has 2 heterocycles. The molecule has 0 saturated heterocycles. The summed E-state index contributed by atoms with van der Waals surface area (Å²) in [5.74, 6) is 0.314. The van der Waals surface area contributed by atoms with Gasteiger partial charge in [0, 0.05) is 17.0 Å². The second kappa shape index (κ2) is 8.53. The first kappa shape index (κ1) is 19.9. The molecule has 1 fully saturated rings. The number of thiazole rings is 1. The van der Waals surface area contributed by atoms with Gasteiger partial charge in [-0.05, 0) is 50.8 Å². The van der Waals surface area contributed by atoms with Crippen LogP contribution in [0.2, 0.25) is 0 Å². The van der Waals surface area contributed by atoms with E-state index in [9.17, 15) is 9.59 Å². The van der Waals surface area contributed by atoms with Crippen molar-refractivity contribution in [1.82, 2.24) is 10.3 Å². The van der Waals surface area contributed by atoms with Gasteiger partial charge in [-0.2, -0.15) is 0 Å². The zero-order chi connectivity index (χ0) is 20.4. The Labute approximate surface area is 175 Å². The molecule has 1 atom stereocenters. The summed E-state index contributed by atoms with van der Waals surface area (Å²) in [5, 5.41) is 6.22. The summed E-state index contributed by atoms with van der Waals surface area (Å²) in [5.41, 5.74) is 2.45. The number of fused-ring (bicyclic) bond motifs is 1. The van der Waals surface area contributed by atoms with Gasteiger partial charge in [0.1, 0.15) is 12.3 Å². The summed E-state index contributed by atoms with van der Waals surface area (Å²) < 4.78 is 5.78. The highest BCUT2D eigenvalue weighted by molar-refractivity contribution is 7.09. The highest BCUT2D eigenvalue weighted by Gasteiger charge is 2.33. The van der Waals surface area contributed by atoms with Crippen molar-refractivity contribution in [2.45, 2.75) is 64.5 Å². The van der Waals surface area contributed by atoms with Crippen LogP contribution in [0.15, 0.2) is 23.6 Å². The lowest BCUT2D eigenvalue weighted by Crippen LogP contribution is -2.49. The predicted molar refractivity (Wildman–Crippen MR) is 114 cm³/mol. The second-order valence-electron chi connectivity index (χ2n) is 7.79. The predicted octanol–water partition coefficient (Wildman–Crippen LogP) is 3.94. The summed E-state index contributed by atoms with van der Waals surface area (Å²) in [7, 11) is 0. The smallest absolute Gasteiger partial charge is 0.268 e. The van der Waals surface area contributed by atoms with Gasteiger partial charge in [-0.25, -0.2) is 4.98 Å². The molecule has 29 heavy (non-hydrogen) atoms. The highest BCUT2D eigenvalue weighted by atomic mass is 32.1. The first-order chi connectivity index (χ1) is 14.0. The number of aryl methyl sites for hydroxylation is 1. The van der Waals surface area contributed by atoms with E-state index in [-0.39, 0.29) is 24.4 Å². The Morgan fingerprint density at radius 1 is 1.34 bits per heavy atom. The topological polar surface area (TPSA) is 71.5 Å². The third-order valence-electron chi connectivity index (χ3n) is 5.50. The monoisotopic (exact) mass is 413 g/mol. The molecule has 1 aromatic carbocycles. The Balaban J connectivity index is 1.59. The van der Waals surface area contributed by atoms with Gasteiger partial charge in [0.25, 0.3) is 5.91 Å². The molecule has 2 amide bonds. The highest BCUT2D eigenvalue weighted by Crippen LogP contribution is 2.37. The van der Waals surface area contributed by atoms with Crippen molar-refractivity contribution in [3.8, 4) is 17.0 Å². The van der Waals surface area contributed by atoms with Crippen molar-refractivity contribution in [3.05, 3.63) is 28.6 Å². The standard InChI is InChI=1S/C22H27N3O3S/c1-3-6-21-24-17(13-29-21)15-9-10-19-18(11-15)25(22(27)14(2)28-19)12-20(26)23-16-7-4-5-8-16/h9-11,13-14,16H,3-8,12H2,1-2H3,(H,23,26). The number of amides is 2. The molecule has 1 unspecified atom stereocenters. The molecule has 0 spiro atoms. The van der Waals surface area contributed by atoms with Crippen LogP contribution < -0.4 is 15.0 Å². The zero-order valence-corrected chi connectivity index (χ0v) is 17.8. The van der Waals surface area contributed by atoms with Crippen LogP contribution >= 0.6 is 11.3 Å². The molecular weight excluding hydrogens is 386 g/mol. The van der Waals surface area contributed by atoms with Gasteiger partial charge in [0.15, 0.2) is 6.10 Å². The maximum Gasteiger partial charge on any atom is 0.268 e. The van der Waals surface area contributed by atoms with E-state index in [2.05, 4.69) is 12.2 Å². The number of anilines is 1. The van der Waals surface area contributed by atoms with E-state index >= 15 is 0 Å². The number of hydrogen-bond acceptors (Lipinski definition) is 5. The van der Waals surface area contributed by atoms with E-state index in [1.807, 2.05) is 23.6 Å². The number of nitrogens with one attached hydrogen (secondary N) is 1. The lowest BCUT2D eigenvalue weighted by Gasteiger charge is -2.33. The van der Waals surface area contributed by atoms with Crippen LogP contribution in [0.25, 0.3) is 11.3 Å². The summed E-state index contributed by atoms with van der Waals surface area (Å²) in [6.45, 7) is 3.87. The largest absolute Gasteiger partial charge is 0.479 e. The molecule has 4 rings (SSSR count). The molecule has 0 radical (unpaired) electrons. The molecule has 1 N–H and O–H groups in total. The summed E-state index contributed by atoms with van der Waals surface area (Å²) in [6, 6.07) is 5.97. The van der Waals surface area contributed by atoms with E-state index < -0.39 is 6.10 Å². The van der Waals surface area contributed by atoms with Crippen molar-refractivity contribution in [3.63, 3.8) is 0 Å². The summed E-state index contributed by atoms with van der Waals surface area (Å²) in [4.78, 5) is 31.7. The molecule has 1 aliphatic carbocycles. The van der Waals surface area contributed by atoms with Gasteiger partial charge in [-0.1, -0.05) is 19.8 Å². The molecular formula is C22H27N3O3S. The van der Waals surface area contributed by atoms with Gasteiger partial charge in [-0.15, -0.1) is 11.3 Å². The lowest BCUT2D eigenvalue weighted by atomic mass is 10.1. The average molecular weight is 414 g/mol. The molecule has 6 nitrogen and oxygen atoms in total. The second-order valence-corrected chi connectivity index (χ2v) is 8.73. The molecule has 2 aromatic rings. The fourth-order valence-electron chi connectivity index (χ4n) is 3.99. The van der Waals surface area contributed by atoms with Crippen LogP contribution in [0, 0.1) is 0 Å². The van der Waals surface area contributed by atoms with Crippen molar-refractivity contribution in [1.29, 1.82) is 0 Å². The number of ether oxygens (including phenoxy) is 1. The third kappa shape index (κ3) is 4.29. The minimum atomic E-state index is -0.608. The zero-order valence-electron chi connectivity index (χ0n) is 16.9. The summed E-state index contributed by atoms with van der Waals surface area (Å²) in [6.07, 6.45) is 5.75.